The van der Waals surface area contributed by atoms with Crippen molar-refractivity contribution >= 4 is 28.9 Å². The van der Waals surface area contributed by atoms with E-state index in [1.165, 1.54) is 0 Å². The maximum Gasteiger partial charge on any atom is 0.416 e. The van der Waals surface area contributed by atoms with Crippen LogP contribution in [0.15, 0.2) is 42.7 Å². The van der Waals surface area contributed by atoms with E-state index in [2.05, 4.69) is 20.4 Å². The van der Waals surface area contributed by atoms with Crippen molar-refractivity contribution in [2.45, 2.75) is 6.18 Å². The fourth-order valence-corrected chi connectivity index (χ4v) is 3.07. The lowest BCUT2D eigenvalue weighted by Crippen LogP contribution is -2.08. The van der Waals surface area contributed by atoms with Crippen molar-refractivity contribution in [3.8, 4) is 11.1 Å². The number of hydrogen-bond donors (Lipinski definition) is 1. The van der Waals surface area contributed by atoms with Gasteiger partial charge in [-0.15, -0.1) is 0 Å². The van der Waals surface area contributed by atoms with Crippen molar-refractivity contribution in [3.63, 3.8) is 0 Å². The first-order valence-electron chi connectivity index (χ1n) is 8.13. The van der Waals surface area contributed by atoms with Crippen molar-refractivity contribution in [3.05, 3.63) is 70.9 Å². The lowest BCUT2D eigenvalue weighted by Gasteiger charge is -2.16. The van der Waals surface area contributed by atoms with Crippen molar-refractivity contribution in [1.29, 1.82) is 0 Å². The number of aromatic nitrogens is 4. The Hall–Kier alpha value is -3.34. The Morgan fingerprint density at radius 3 is 2.17 bits per heavy atom. The number of benzene rings is 2. The number of nitrogens with zero attached hydrogens (tertiary/aromatic N) is 4. The Morgan fingerprint density at radius 2 is 1.57 bits per heavy atom. The molecule has 0 aliphatic rings. The van der Waals surface area contributed by atoms with Gasteiger partial charge in [-0.2, -0.15) is 32.8 Å². The fraction of sp³-hybridized carbons (Fsp3) is 0.0556. The summed E-state index contributed by atoms with van der Waals surface area (Å²) < 4.78 is 81.7. The van der Waals surface area contributed by atoms with Gasteiger partial charge in [0, 0.05) is 17.8 Å². The van der Waals surface area contributed by atoms with Gasteiger partial charge in [0.1, 0.15) is 34.7 Å². The molecule has 0 unspecified atom stereocenters. The van der Waals surface area contributed by atoms with Crippen molar-refractivity contribution in [2.24, 2.45) is 0 Å². The van der Waals surface area contributed by atoms with Crippen molar-refractivity contribution in [2.75, 3.05) is 5.32 Å². The normalized spacial score (nSPS) is 11.8. The van der Waals surface area contributed by atoms with Crippen LogP contribution in [0.1, 0.15) is 5.56 Å². The zero-order chi connectivity index (χ0) is 21.6. The predicted molar refractivity (Wildman–Crippen MR) is 95.8 cm³/mol. The minimum atomic E-state index is -4.54. The van der Waals surface area contributed by atoms with E-state index in [1.54, 1.807) is 0 Å². The largest absolute Gasteiger partial charge is 0.416 e. The third-order valence-corrected chi connectivity index (χ3v) is 4.39. The molecule has 5 nitrogen and oxygen atoms in total. The molecule has 0 bridgehead atoms. The molecule has 0 fully saturated rings. The highest BCUT2D eigenvalue weighted by Crippen LogP contribution is 2.39. The molecule has 0 aliphatic heterocycles. The summed E-state index contributed by atoms with van der Waals surface area (Å²) in [6.45, 7) is 0. The number of nitrogens with one attached hydrogen (secondary N) is 1. The molecular formula is C18H8ClF6N5. The zero-order valence-corrected chi connectivity index (χ0v) is 15.2. The number of hydrogen-bond acceptors (Lipinski definition) is 4. The van der Waals surface area contributed by atoms with Gasteiger partial charge in [-0.05, 0) is 24.3 Å². The van der Waals surface area contributed by atoms with E-state index in [0.717, 1.165) is 35.1 Å². The molecule has 2 aromatic heterocycles. The average molecular weight is 444 g/mol. The summed E-state index contributed by atoms with van der Waals surface area (Å²) in [6.07, 6.45) is -3.44. The second-order valence-corrected chi connectivity index (χ2v) is 6.40. The summed E-state index contributed by atoms with van der Waals surface area (Å²) in [4.78, 5) is 7.75. The minimum Gasteiger partial charge on any atom is -0.339 e. The van der Waals surface area contributed by atoms with Crippen LogP contribution in [0.5, 0.6) is 0 Å². The van der Waals surface area contributed by atoms with Gasteiger partial charge < -0.3 is 5.32 Å². The molecule has 4 rings (SSSR count). The van der Waals surface area contributed by atoms with Crippen molar-refractivity contribution < 1.29 is 26.3 Å². The van der Waals surface area contributed by atoms with Gasteiger partial charge in [-0.1, -0.05) is 11.6 Å². The molecule has 2 aromatic carbocycles. The van der Waals surface area contributed by atoms with Crippen LogP contribution in [0, 0.1) is 17.5 Å². The first-order valence-corrected chi connectivity index (χ1v) is 8.51. The highest BCUT2D eigenvalue weighted by Gasteiger charge is 2.30. The van der Waals surface area contributed by atoms with Gasteiger partial charge in [0.15, 0.2) is 0 Å². The van der Waals surface area contributed by atoms with Gasteiger partial charge in [-0.3, -0.25) is 0 Å². The Kier molecular flexibility index (Phi) is 4.77. The summed E-state index contributed by atoms with van der Waals surface area (Å²) in [7, 11) is 0. The lowest BCUT2D eigenvalue weighted by atomic mass is 10.1. The van der Waals surface area contributed by atoms with Crippen LogP contribution < -0.4 is 5.32 Å². The standard InChI is InChI=1S/C18H8ClF6N5/c19-15-14(13-11(21)5-9(20)6-12(13)22)16(30-17(29-15)26-7-27-30)28-10-3-1-8(2-4-10)18(23,24)25/h1-7,28H. The van der Waals surface area contributed by atoms with Crippen LogP contribution in [-0.2, 0) is 6.18 Å². The van der Waals surface area contributed by atoms with E-state index in [4.69, 9.17) is 11.6 Å². The summed E-state index contributed by atoms with van der Waals surface area (Å²) in [5.74, 6) is -3.83. The molecule has 2 heterocycles. The molecule has 0 amide bonds. The Labute approximate surface area is 169 Å². The quantitative estimate of drug-likeness (QED) is 0.329. The molecule has 0 aliphatic carbocycles. The highest BCUT2D eigenvalue weighted by atomic mass is 35.5. The lowest BCUT2D eigenvalue weighted by molar-refractivity contribution is -0.137. The van der Waals surface area contributed by atoms with E-state index in [0.29, 0.717) is 12.1 Å². The predicted octanol–water partition coefficient (Wildman–Crippen LogP) is 5.62. The van der Waals surface area contributed by atoms with E-state index in [1.807, 2.05) is 0 Å². The second kappa shape index (κ2) is 7.17. The van der Waals surface area contributed by atoms with Crippen LogP contribution >= 0.6 is 11.6 Å². The molecule has 12 heteroatoms. The Morgan fingerprint density at radius 1 is 0.933 bits per heavy atom. The summed E-state index contributed by atoms with van der Waals surface area (Å²) >= 11 is 6.13. The van der Waals surface area contributed by atoms with Crippen LogP contribution in [0.4, 0.5) is 37.8 Å². The van der Waals surface area contributed by atoms with E-state index >= 15 is 0 Å². The molecule has 1 N–H and O–H groups in total. The number of rotatable bonds is 3. The highest BCUT2D eigenvalue weighted by molar-refractivity contribution is 6.33. The van der Waals surface area contributed by atoms with Gasteiger partial charge in [0.25, 0.3) is 5.78 Å². The molecule has 0 saturated carbocycles. The van der Waals surface area contributed by atoms with Crippen molar-refractivity contribution in [1.82, 2.24) is 19.6 Å². The molecule has 154 valence electrons. The molecule has 4 aromatic rings. The number of halogens is 7. The maximum absolute atomic E-state index is 14.4. The third kappa shape index (κ3) is 3.52. The number of anilines is 2. The zero-order valence-electron chi connectivity index (χ0n) is 14.5. The van der Waals surface area contributed by atoms with E-state index in [-0.39, 0.29) is 28.0 Å². The van der Waals surface area contributed by atoms with Crippen LogP contribution in [-0.4, -0.2) is 19.6 Å². The molecule has 0 atom stereocenters. The van der Waals surface area contributed by atoms with Gasteiger partial charge in [0.2, 0.25) is 0 Å². The first-order chi connectivity index (χ1) is 14.1. The smallest absolute Gasteiger partial charge is 0.339 e. The summed E-state index contributed by atoms with van der Waals surface area (Å²) in [5.41, 5.74) is -1.76. The van der Waals surface area contributed by atoms with E-state index < -0.39 is 34.8 Å². The SMILES string of the molecule is Fc1cc(F)c(-c2c(Cl)nc3ncnn3c2Nc2ccc(C(F)(F)F)cc2)c(F)c1. The summed E-state index contributed by atoms with van der Waals surface area (Å²) in [6, 6.07) is 4.79. The molecule has 0 radical (unpaired) electrons. The van der Waals surface area contributed by atoms with Gasteiger partial charge in [0.05, 0.1) is 16.7 Å². The second-order valence-electron chi connectivity index (χ2n) is 6.04. The molecule has 30 heavy (non-hydrogen) atoms. The fourth-order valence-electron chi connectivity index (χ4n) is 2.81. The molecule has 0 spiro atoms. The maximum atomic E-state index is 14.4. The topological polar surface area (TPSA) is 55.1 Å². The number of alkyl halides is 3. The average Bonchev–Trinajstić information content (AvgIpc) is 3.11. The van der Waals surface area contributed by atoms with Crippen LogP contribution in [0.3, 0.4) is 0 Å². The molecule has 0 saturated heterocycles. The third-order valence-electron chi connectivity index (χ3n) is 4.11. The summed E-state index contributed by atoms with van der Waals surface area (Å²) in [5, 5.41) is 6.25. The first kappa shape index (κ1) is 20.0. The van der Waals surface area contributed by atoms with Gasteiger partial charge in [-0.25, -0.2) is 13.2 Å². The minimum absolute atomic E-state index is 0.0407. The Balaban J connectivity index is 1.91. The molecular weight excluding hydrogens is 436 g/mol. The van der Waals surface area contributed by atoms with Crippen LogP contribution in [0.2, 0.25) is 5.15 Å². The van der Waals surface area contributed by atoms with E-state index in [9.17, 15) is 26.3 Å². The monoisotopic (exact) mass is 443 g/mol. The van der Waals surface area contributed by atoms with Crippen LogP contribution in [0.25, 0.3) is 16.9 Å². The number of fused-ring (bicyclic) bond motifs is 1. The van der Waals surface area contributed by atoms with Gasteiger partial charge >= 0.3 is 6.18 Å². The Bertz CT molecular complexity index is 1230.